The van der Waals surface area contributed by atoms with Crippen LogP contribution in [0.5, 0.6) is 0 Å². The number of rotatable bonds is 5. The lowest BCUT2D eigenvalue weighted by Crippen LogP contribution is -2.11. The average molecular weight is 254 g/mol. The number of hydrogen-bond acceptors (Lipinski definition) is 5. The molecule has 1 aliphatic carbocycles. The fraction of sp³-hybridized carbons (Fsp3) is 0.667. The van der Waals surface area contributed by atoms with E-state index in [0.717, 1.165) is 17.1 Å². The standard InChI is InChI=1S/C12H18N2O2S/c1-3-8-10(12(15)16-4-2)17-11(14-8)9(13)7-5-6-7/h7,9H,3-6,13H2,1-2H3. The van der Waals surface area contributed by atoms with E-state index in [2.05, 4.69) is 4.98 Å². The Labute approximate surface area is 105 Å². The summed E-state index contributed by atoms with van der Waals surface area (Å²) in [6.07, 6.45) is 3.09. The van der Waals surface area contributed by atoms with Gasteiger partial charge in [-0.25, -0.2) is 9.78 Å². The van der Waals surface area contributed by atoms with E-state index < -0.39 is 0 Å². The van der Waals surface area contributed by atoms with Crippen molar-refractivity contribution in [1.29, 1.82) is 0 Å². The third-order valence-corrected chi connectivity index (χ3v) is 4.10. The van der Waals surface area contributed by atoms with Crippen molar-refractivity contribution >= 4 is 17.3 Å². The van der Waals surface area contributed by atoms with Crippen molar-refractivity contribution in [1.82, 2.24) is 4.98 Å². The Hall–Kier alpha value is -0.940. The van der Waals surface area contributed by atoms with E-state index in [-0.39, 0.29) is 12.0 Å². The van der Waals surface area contributed by atoms with Gasteiger partial charge in [0.05, 0.1) is 18.3 Å². The Bertz CT molecular complexity index is 413. The molecule has 2 N–H and O–H groups in total. The Morgan fingerprint density at radius 3 is 2.82 bits per heavy atom. The highest BCUT2D eigenvalue weighted by molar-refractivity contribution is 7.13. The van der Waals surface area contributed by atoms with Crippen molar-refractivity contribution in [2.75, 3.05) is 6.61 Å². The summed E-state index contributed by atoms with van der Waals surface area (Å²) in [4.78, 5) is 16.9. The number of aromatic nitrogens is 1. The van der Waals surface area contributed by atoms with Crippen molar-refractivity contribution in [3.8, 4) is 0 Å². The molecule has 1 saturated carbocycles. The van der Waals surface area contributed by atoms with Gasteiger partial charge in [0.1, 0.15) is 9.88 Å². The van der Waals surface area contributed by atoms with Crippen LogP contribution in [-0.2, 0) is 11.2 Å². The Morgan fingerprint density at radius 2 is 2.29 bits per heavy atom. The van der Waals surface area contributed by atoms with Gasteiger partial charge in [0.25, 0.3) is 0 Å². The van der Waals surface area contributed by atoms with Gasteiger partial charge in [0, 0.05) is 0 Å². The van der Waals surface area contributed by atoms with E-state index in [1.54, 1.807) is 6.92 Å². The molecule has 0 saturated heterocycles. The number of carbonyl (C=O) groups is 1. The smallest absolute Gasteiger partial charge is 0.350 e. The molecule has 5 heteroatoms. The zero-order valence-corrected chi connectivity index (χ0v) is 11.0. The van der Waals surface area contributed by atoms with Crippen LogP contribution in [0.2, 0.25) is 0 Å². The van der Waals surface area contributed by atoms with Gasteiger partial charge >= 0.3 is 5.97 Å². The predicted octanol–water partition coefficient (Wildman–Crippen LogP) is 2.29. The van der Waals surface area contributed by atoms with Crippen LogP contribution in [0.15, 0.2) is 0 Å². The minimum absolute atomic E-state index is 0.00604. The largest absolute Gasteiger partial charge is 0.462 e. The Morgan fingerprint density at radius 1 is 1.59 bits per heavy atom. The number of nitrogens with zero attached hydrogens (tertiary/aromatic N) is 1. The highest BCUT2D eigenvalue weighted by Crippen LogP contribution is 2.41. The van der Waals surface area contributed by atoms with Gasteiger partial charge in [-0.05, 0) is 32.1 Å². The molecule has 1 atom stereocenters. The van der Waals surface area contributed by atoms with Gasteiger partial charge < -0.3 is 10.5 Å². The summed E-state index contributed by atoms with van der Waals surface area (Å²) >= 11 is 1.40. The van der Waals surface area contributed by atoms with Crippen LogP contribution in [0.4, 0.5) is 0 Å². The monoisotopic (exact) mass is 254 g/mol. The first kappa shape index (κ1) is 12.5. The third kappa shape index (κ3) is 2.66. The Kier molecular flexibility index (Phi) is 3.79. The topological polar surface area (TPSA) is 65.2 Å². The first-order chi connectivity index (χ1) is 8.17. The number of nitrogens with two attached hydrogens (primary N) is 1. The first-order valence-electron chi connectivity index (χ1n) is 6.09. The molecule has 0 spiro atoms. The van der Waals surface area contributed by atoms with E-state index >= 15 is 0 Å². The summed E-state index contributed by atoms with van der Waals surface area (Å²) in [5.41, 5.74) is 6.93. The number of ether oxygens (including phenoxy) is 1. The maximum atomic E-state index is 11.8. The van der Waals surface area contributed by atoms with E-state index in [1.165, 1.54) is 24.2 Å². The molecule has 0 aliphatic heterocycles. The van der Waals surface area contributed by atoms with Crippen molar-refractivity contribution in [2.24, 2.45) is 11.7 Å². The van der Waals surface area contributed by atoms with E-state index in [4.69, 9.17) is 10.5 Å². The van der Waals surface area contributed by atoms with Crippen molar-refractivity contribution in [3.05, 3.63) is 15.6 Å². The number of hydrogen-bond donors (Lipinski definition) is 1. The molecule has 94 valence electrons. The van der Waals surface area contributed by atoms with Crippen LogP contribution in [0.25, 0.3) is 0 Å². The highest BCUT2D eigenvalue weighted by Gasteiger charge is 2.32. The fourth-order valence-electron chi connectivity index (χ4n) is 1.77. The van der Waals surface area contributed by atoms with Crippen LogP contribution in [-0.4, -0.2) is 17.6 Å². The molecule has 1 unspecified atom stereocenters. The number of thiazole rings is 1. The van der Waals surface area contributed by atoms with Gasteiger partial charge in [-0.1, -0.05) is 6.92 Å². The zero-order valence-electron chi connectivity index (χ0n) is 10.2. The molecule has 1 aliphatic rings. The van der Waals surface area contributed by atoms with Crippen LogP contribution in [0, 0.1) is 5.92 Å². The fourth-order valence-corrected chi connectivity index (χ4v) is 2.91. The molecule has 0 amide bonds. The van der Waals surface area contributed by atoms with Crippen LogP contribution in [0.1, 0.15) is 53.1 Å². The average Bonchev–Trinajstić information content (AvgIpc) is 3.07. The van der Waals surface area contributed by atoms with E-state index in [1.807, 2.05) is 6.92 Å². The lowest BCUT2D eigenvalue weighted by atomic mass is 10.2. The van der Waals surface area contributed by atoms with E-state index in [0.29, 0.717) is 17.4 Å². The number of aryl methyl sites for hydroxylation is 1. The summed E-state index contributed by atoms with van der Waals surface area (Å²) < 4.78 is 5.03. The maximum absolute atomic E-state index is 11.8. The van der Waals surface area contributed by atoms with Gasteiger partial charge in [-0.15, -0.1) is 11.3 Å². The molecular formula is C12H18N2O2S. The highest BCUT2D eigenvalue weighted by atomic mass is 32.1. The second kappa shape index (κ2) is 5.14. The molecule has 0 radical (unpaired) electrons. The maximum Gasteiger partial charge on any atom is 0.350 e. The molecule has 0 aromatic carbocycles. The van der Waals surface area contributed by atoms with Gasteiger partial charge in [-0.3, -0.25) is 0 Å². The summed E-state index contributed by atoms with van der Waals surface area (Å²) in [5, 5.41) is 0.882. The van der Waals surface area contributed by atoms with Crippen LogP contribution < -0.4 is 5.73 Å². The Balaban J connectivity index is 2.22. The van der Waals surface area contributed by atoms with Crippen LogP contribution in [0.3, 0.4) is 0 Å². The summed E-state index contributed by atoms with van der Waals surface area (Å²) in [7, 11) is 0. The summed E-state index contributed by atoms with van der Waals surface area (Å²) in [6, 6.07) is -0.00604. The van der Waals surface area contributed by atoms with Gasteiger partial charge in [-0.2, -0.15) is 0 Å². The molecule has 17 heavy (non-hydrogen) atoms. The van der Waals surface area contributed by atoms with Crippen molar-refractivity contribution in [3.63, 3.8) is 0 Å². The summed E-state index contributed by atoms with van der Waals surface area (Å²) in [5.74, 6) is 0.289. The van der Waals surface area contributed by atoms with Gasteiger partial charge in [0.15, 0.2) is 0 Å². The molecule has 1 aromatic rings. The lowest BCUT2D eigenvalue weighted by Gasteiger charge is -2.04. The molecule has 1 aromatic heterocycles. The first-order valence-corrected chi connectivity index (χ1v) is 6.91. The number of esters is 1. The van der Waals surface area contributed by atoms with E-state index in [9.17, 15) is 4.79 Å². The normalized spacial score (nSPS) is 16.9. The molecule has 1 heterocycles. The van der Waals surface area contributed by atoms with Crippen LogP contribution >= 0.6 is 11.3 Å². The molecule has 2 rings (SSSR count). The molecule has 0 bridgehead atoms. The lowest BCUT2D eigenvalue weighted by molar-refractivity contribution is 0.0530. The molecule has 4 nitrogen and oxygen atoms in total. The second-order valence-electron chi connectivity index (χ2n) is 4.27. The van der Waals surface area contributed by atoms with Gasteiger partial charge in [0.2, 0.25) is 0 Å². The zero-order chi connectivity index (χ0) is 12.4. The minimum Gasteiger partial charge on any atom is -0.462 e. The van der Waals surface area contributed by atoms with Crippen molar-refractivity contribution in [2.45, 2.75) is 39.2 Å². The summed E-state index contributed by atoms with van der Waals surface area (Å²) in [6.45, 7) is 4.19. The second-order valence-corrected chi connectivity index (χ2v) is 5.30. The third-order valence-electron chi connectivity index (χ3n) is 2.92. The predicted molar refractivity (Wildman–Crippen MR) is 67.1 cm³/mol. The molecule has 1 fully saturated rings. The number of carbonyl (C=O) groups excluding carboxylic acids is 1. The van der Waals surface area contributed by atoms with Crippen molar-refractivity contribution < 1.29 is 9.53 Å². The SMILES string of the molecule is CCOC(=O)c1sc(C(N)C2CC2)nc1CC. The minimum atomic E-state index is -0.268. The molecular weight excluding hydrogens is 236 g/mol. The quantitative estimate of drug-likeness (QED) is 0.819.